The first-order chi connectivity index (χ1) is 9.83. The number of nitrogen functional groups attached to an aromatic ring is 1. The molecule has 2 aromatic rings. The van der Waals surface area contributed by atoms with E-state index in [-0.39, 0.29) is 10.5 Å². The smallest absolute Gasteiger partial charge is 0.262 e. The summed E-state index contributed by atoms with van der Waals surface area (Å²) < 4.78 is 27.9. The van der Waals surface area contributed by atoms with Crippen molar-refractivity contribution in [3.63, 3.8) is 0 Å². The summed E-state index contributed by atoms with van der Waals surface area (Å²) in [6, 6.07) is 11.2. The summed E-state index contributed by atoms with van der Waals surface area (Å²) >= 11 is 3.26. The van der Waals surface area contributed by atoms with E-state index in [0.717, 1.165) is 0 Å². The predicted octanol–water partition coefficient (Wildman–Crippen LogP) is 3.01. The molecule has 108 valence electrons. The average Bonchev–Trinajstić information content (AvgIpc) is 2.42. The Morgan fingerprint density at radius 1 is 1.24 bits per heavy atom. The zero-order valence-corrected chi connectivity index (χ0v) is 13.5. The summed E-state index contributed by atoms with van der Waals surface area (Å²) in [5, 5.41) is 8.90. The summed E-state index contributed by atoms with van der Waals surface area (Å²) in [5.74, 6) is 0. The average molecular weight is 366 g/mol. The molecule has 21 heavy (non-hydrogen) atoms. The van der Waals surface area contributed by atoms with Gasteiger partial charge in [0, 0.05) is 10.2 Å². The van der Waals surface area contributed by atoms with Gasteiger partial charge in [-0.25, -0.2) is 8.42 Å². The maximum Gasteiger partial charge on any atom is 0.262 e. The molecule has 0 aliphatic heterocycles. The number of hydrogen-bond acceptors (Lipinski definition) is 4. The Labute approximate surface area is 131 Å². The highest BCUT2D eigenvalue weighted by atomic mass is 79.9. The third-order valence-corrected chi connectivity index (χ3v) is 5.01. The SMILES string of the molecule is Cc1ccc(C#N)cc1S(=O)(=O)Nc1ccc(N)cc1Br. The lowest BCUT2D eigenvalue weighted by atomic mass is 10.2. The molecule has 3 N–H and O–H groups in total. The maximum absolute atomic E-state index is 12.5. The summed E-state index contributed by atoms with van der Waals surface area (Å²) in [7, 11) is -3.78. The van der Waals surface area contributed by atoms with Crippen molar-refractivity contribution in [1.29, 1.82) is 5.26 Å². The van der Waals surface area contributed by atoms with Gasteiger partial charge in [-0.15, -0.1) is 0 Å². The van der Waals surface area contributed by atoms with Gasteiger partial charge in [0.05, 0.1) is 22.2 Å². The molecule has 0 saturated carbocycles. The molecule has 0 spiro atoms. The number of nitrogens with zero attached hydrogens (tertiary/aromatic N) is 1. The fraction of sp³-hybridized carbons (Fsp3) is 0.0714. The van der Waals surface area contributed by atoms with E-state index in [4.69, 9.17) is 11.0 Å². The van der Waals surface area contributed by atoms with E-state index in [9.17, 15) is 8.42 Å². The monoisotopic (exact) mass is 365 g/mol. The zero-order valence-electron chi connectivity index (χ0n) is 11.1. The van der Waals surface area contributed by atoms with Crippen LogP contribution < -0.4 is 10.5 Å². The van der Waals surface area contributed by atoms with Crippen LogP contribution in [-0.2, 0) is 10.0 Å². The van der Waals surface area contributed by atoms with Gasteiger partial charge in [0.2, 0.25) is 0 Å². The minimum atomic E-state index is -3.78. The normalized spacial score (nSPS) is 10.9. The van der Waals surface area contributed by atoms with E-state index >= 15 is 0 Å². The maximum atomic E-state index is 12.5. The van der Waals surface area contributed by atoms with Gasteiger partial charge >= 0.3 is 0 Å². The Morgan fingerprint density at radius 2 is 1.95 bits per heavy atom. The molecule has 0 bridgehead atoms. The number of benzene rings is 2. The second-order valence-electron chi connectivity index (χ2n) is 4.44. The third kappa shape index (κ3) is 3.35. The summed E-state index contributed by atoms with van der Waals surface area (Å²) in [4.78, 5) is 0.0743. The van der Waals surface area contributed by atoms with Crippen LogP contribution in [0.2, 0.25) is 0 Å². The fourth-order valence-corrected chi connectivity index (χ4v) is 3.75. The number of anilines is 2. The fourth-order valence-electron chi connectivity index (χ4n) is 1.77. The van der Waals surface area contributed by atoms with Gasteiger partial charge in [-0.05, 0) is 58.7 Å². The quantitative estimate of drug-likeness (QED) is 0.817. The van der Waals surface area contributed by atoms with Crippen LogP contribution in [0.5, 0.6) is 0 Å². The van der Waals surface area contributed by atoms with Crippen LogP contribution in [0.4, 0.5) is 11.4 Å². The number of sulfonamides is 1. The lowest BCUT2D eigenvalue weighted by molar-refractivity contribution is 0.600. The lowest BCUT2D eigenvalue weighted by Gasteiger charge is -2.12. The molecule has 2 aromatic carbocycles. The second kappa shape index (κ2) is 5.76. The number of nitriles is 1. The molecular weight excluding hydrogens is 354 g/mol. The van der Waals surface area contributed by atoms with Gasteiger partial charge in [0.1, 0.15) is 0 Å². The highest BCUT2D eigenvalue weighted by Gasteiger charge is 2.18. The van der Waals surface area contributed by atoms with Crippen LogP contribution >= 0.6 is 15.9 Å². The van der Waals surface area contributed by atoms with Crippen molar-refractivity contribution < 1.29 is 8.42 Å². The number of halogens is 1. The number of hydrogen-bond donors (Lipinski definition) is 2. The third-order valence-electron chi connectivity index (χ3n) is 2.84. The second-order valence-corrected chi connectivity index (χ2v) is 6.94. The van der Waals surface area contributed by atoms with Gasteiger partial charge in [0.25, 0.3) is 10.0 Å². The van der Waals surface area contributed by atoms with Crippen molar-refractivity contribution in [1.82, 2.24) is 0 Å². The van der Waals surface area contributed by atoms with Gasteiger partial charge in [-0.1, -0.05) is 6.07 Å². The topological polar surface area (TPSA) is 96.0 Å². The molecule has 0 aromatic heterocycles. The van der Waals surface area contributed by atoms with Gasteiger partial charge in [-0.3, -0.25) is 4.72 Å². The van der Waals surface area contributed by atoms with Crippen LogP contribution in [-0.4, -0.2) is 8.42 Å². The summed E-state index contributed by atoms with van der Waals surface area (Å²) in [6.07, 6.45) is 0. The van der Waals surface area contributed by atoms with E-state index in [2.05, 4.69) is 20.7 Å². The minimum Gasteiger partial charge on any atom is -0.399 e. The largest absolute Gasteiger partial charge is 0.399 e. The van der Waals surface area contributed by atoms with Crippen molar-refractivity contribution in [2.75, 3.05) is 10.5 Å². The molecule has 0 atom stereocenters. The molecule has 0 fully saturated rings. The van der Waals surface area contributed by atoms with Gasteiger partial charge in [0.15, 0.2) is 0 Å². The van der Waals surface area contributed by atoms with Gasteiger partial charge in [-0.2, -0.15) is 5.26 Å². The van der Waals surface area contributed by atoms with Gasteiger partial charge < -0.3 is 5.73 Å². The van der Waals surface area contributed by atoms with Crippen molar-refractivity contribution >= 4 is 37.3 Å². The van der Waals surface area contributed by atoms with Crippen molar-refractivity contribution in [3.8, 4) is 6.07 Å². The number of aryl methyl sites for hydroxylation is 1. The molecule has 0 unspecified atom stereocenters. The Bertz CT molecular complexity index is 842. The molecule has 0 radical (unpaired) electrons. The van der Waals surface area contributed by atoms with Crippen molar-refractivity contribution in [2.45, 2.75) is 11.8 Å². The van der Waals surface area contributed by atoms with Crippen molar-refractivity contribution in [2.24, 2.45) is 0 Å². The van der Waals surface area contributed by atoms with Crippen LogP contribution in [0.25, 0.3) is 0 Å². The zero-order chi connectivity index (χ0) is 15.6. The highest BCUT2D eigenvalue weighted by Crippen LogP contribution is 2.28. The minimum absolute atomic E-state index is 0.0743. The Hall–Kier alpha value is -2.04. The Balaban J connectivity index is 2.46. The molecule has 0 saturated heterocycles. The molecule has 0 amide bonds. The molecule has 7 heteroatoms. The first-order valence-corrected chi connectivity index (χ1v) is 8.20. The van der Waals surface area contributed by atoms with E-state index in [1.165, 1.54) is 6.07 Å². The molecular formula is C14H12BrN3O2S. The molecule has 0 aliphatic rings. The highest BCUT2D eigenvalue weighted by molar-refractivity contribution is 9.10. The Morgan fingerprint density at radius 3 is 2.57 bits per heavy atom. The number of rotatable bonds is 3. The molecule has 5 nitrogen and oxygen atoms in total. The standard InChI is InChI=1S/C14H12BrN3O2S/c1-9-2-3-10(8-16)6-14(9)21(19,20)18-13-5-4-11(17)7-12(13)15/h2-7,18H,17H2,1H3. The first-order valence-electron chi connectivity index (χ1n) is 5.92. The molecule has 0 aliphatic carbocycles. The van der Waals surface area contributed by atoms with E-state index in [0.29, 0.717) is 21.4 Å². The van der Waals surface area contributed by atoms with Crippen LogP contribution in [0, 0.1) is 18.3 Å². The lowest BCUT2D eigenvalue weighted by Crippen LogP contribution is -2.15. The molecule has 2 rings (SSSR count). The number of nitrogens with two attached hydrogens (primary N) is 1. The first kappa shape index (κ1) is 15.4. The summed E-state index contributed by atoms with van der Waals surface area (Å²) in [5.41, 5.74) is 7.37. The predicted molar refractivity (Wildman–Crippen MR) is 85.3 cm³/mol. The molecule has 0 heterocycles. The Kier molecular flexibility index (Phi) is 4.21. The van der Waals surface area contributed by atoms with Crippen molar-refractivity contribution in [3.05, 3.63) is 52.0 Å². The van der Waals surface area contributed by atoms with E-state index in [1.54, 1.807) is 37.3 Å². The summed E-state index contributed by atoms with van der Waals surface area (Å²) in [6.45, 7) is 1.67. The van der Waals surface area contributed by atoms with E-state index in [1.807, 2.05) is 6.07 Å². The van der Waals surface area contributed by atoms with E-state index < -0.39 is 10.0 Å². The van der Waals surface area contributed by atoms with Crippen LogP contribution in [0.15, 0.2) is 45.8 Å². The van der Waals surface area contributed by atoms with Crippen LogP contribution in [0.1, 0.15) is 11.1 Å². The van der Waals surface area contributed by atoms with Crippen LogP contribution in [0.3, 0.4) is 0 Å². The number of nitrogens with one attached hydrogen (secondary N) is 1.